The number of hydrogen-bond donors (Lipinski definition) is 1. The summed E-state index contributed by atoms with van der Waals surface area (Å²) in [7, 11) is 0. The lowest BCUT2D eigenvalue weighted by molar-refractivity contribution is 0.0463. The summed E-state index contributed by atoms with van der Waals surface area (Å²) in [5, 5.41) is 6.80. The number of aryl methyl sites for hydroxylation is 2. The molecular formula is C13H16N4O3S2. The normalized spacial score (nSPS) is 10.8. The number of nitrogens with zero attached hydrogens (tertiary/aromatic N) is 3. The van der Waals surface area contributed by atoms with Crippen molar-refractivity contribution >= 4 is 39.9 Å². The topological polar surface area (TPSA) is 94.1 Å². The Bertz CT molecular complexity index is 693. The quantitative estimate of drug-likeness (QED) is 0.841. The fourth-order valence-corrected chi connectivity index (χ4v) is 2.95. The first kappa shape index (κ1) is 16.5. The van der Waals surface area contributed by atoms with E-state index in [1.54, 1.807) is 13.8 Å². The molecule has 0 saturated heterocycles. The van der Waals surface area contributed by atoms with E-state index in [9.17, 15) is 9.59 Å². The van der Waals surface area contributed by atoms with E-state index in [0.717, 1.165) is 22.9 Å². The number of ether oxygens (including phenoxy) is 1. The minimum absolute atomic E-state index is 0.262. The third-order valence-electron chi connectivity index (χ3n) is 2.61. The third kappa shape index (κ3) is 3.86. The highest BCUT2D eigenvalue weighted by Gasteiger charge is 2.20. The molecule has 1 N–H and O–H groups in total. The molecular weight excluding hydrogens is 324 g/mol. The molecule has 0 aliphatic rings. The Kier molecular flexibility index (Phi) is 5.19. The lowest BCUT2D eigenvalue weighted by atomic mass is 10.2. The van der Waals surface area contributed by atoms with Gasteiger partial charge in [-0.25, -0.2) is 9.78 Å². The predicted octanol–water partition coefficient (Wildman–Crippen LogP) is 2.68. The van der Waals surface area contributed by atoms with Crippen LogP contribution in [0, 0.1) is 19.8 Å². The number of carbonyl (C=O) groups excluding carboxylic acids is 2. The second-order valence-electron chi connectivity index (χ2n) is 5.07. The van der Waals surface area contributed by atoms with Gasteiger partial charge in [-0.15, -0.1) is 5.10 Å². The van der Waals surface area contributed by atoms with E-state index in [-0.39, 0.29) is 11.8 Å². The average Bonchev–Trinajstić information content (AvgIpc) is 3.02. The summed E-state index contributed by atoms with van der Waals surface area (Å²) >= 11 is 2.11. The van der Waals surface area contributed by atoms with E-state index >= 15 is 0 Å². The van der Waals surface area contributed by atoms with Gasteiger partial charge in [-0.2, -0.15) is 0 Å². The maximum atomic E-state index is 12.1. The van der Waals surface area contributed by atoms with E-state index < -0.39 is 5.97 Å². The number of hydrogen-bond acceptors (Lipinski definition) is 8. The molecule has 2 rings (SSSR count). The first-order chi connectivity index (χ1) is 10.4. The SMILES string of the molecule is Cc1nnsc1C(=O)Nc1nc(C)c(C(=O)OCC(C)C)s1. The minimum Gasteiger partial charge on any atom is -0.461 e. The van der Waals surface area contributed by atoms with Crippen molar-refractivity contribution in [2.75, 3.05) is 11.9 Å². The molecule has 0 aromatic carbocycles. The minimum atomic E-state index is -0.417. The lowest BCUT2D eigenvalue weighted by Crippen LogP contribution is -2.11. The number of carbonyl (C=O) groups is 2. The van der Waals surface area contributed by atoms with Crippen LogP contribution in [-0.2, 0) is 4.74 Å². The van der Waals surface area contributed by atoms with Gasteiger partial charge in [-0.3, -0.25) is 10.1 Å². The zero-order chi connectivity index (χ0) is 16.3. The summed E-state index contributed by atoms with van der Waals surface area (Å²) in [5.41, 5.74) is 1.10. The second kappa shape index (κ2) is 6.93. The fraction of sp³-hybridized carbons (Fsp3) is 0.462. The van der Waals surface area contributed by atoms with E-state index in [4.69, 9.17) is 4.74 Å². The van der Waals surface area contributed by atoms with Crippen molar-refractivity contribution in [3.8, 4) is 0 Å². The first-order valence-corrected chi connectivity index (χ1v) is 8.22. The van der Waals surface area contributed by atoms with Crippen molar-refractivity contribution in [3.63, 3.8) is 0 Å². The molecule has 2 aromatic heterocycles. The van der Waals surface area contributed by atoms with Crippen LogP contribution in [0.1, 0.15) is 44.6 Å². The van der Waals surface area contributed by atoms with Gasteiger partial charge in [0.15, 0.2) is 5.13 Å². The highest BCUT2D eigenvalue weighted by molar-refractivity contribution is 7.17. The maximum Gasteiger partial charge on any atom is 0.350 e. The Balaban J connectivity index is 2.08. The van der Waals surface area contributed by atoms with Crippen LogP contribution in [-0.4, -0.2) is 33.1 Å². The highest BCUT2D eigenvalue weighted by Crippen LogP contribution is 2.24. The van der Waals surface area contributed by atoms with Crippen LogP contribution in [0.25, 0.3) is 0 Å². The number of amides is 1. The first-order valence-electron chi connectivity index (χ1n) is 6.63. The Hall–Kier alpha value is -1.87. The summed E-state index contributed by atoms with van der Waals surface area (Å²) in [6, 6.07) is 0. The van der Waals surface area contributed by atoms with Crippen LogP contribution in [0.3, 0.4) is 0 Å². The van der Waals surface area contributed by atoms with Gasteiger partial charge in [0.05, 0.1) is 18.0 Å². The second-order valence-corrected chi connectivity index (χ2v) is 6.82. The summed E-state index contributed by atoms with van der Waals surface area (Å²) in [6.45, 7) is 7.69. The van der Waals surface area contributed by atoms with E-state index in [1.807, 2.05) is 13.8 Å². The van der Waals surface area contributed by atoms with Crippen molar-refractivity contribution < 1.29 is 14.3 Å². The molecule has 2 heterocycles. The van der Waals surface area contributed by atoms with Gasteiger partial charge >= 0.3 is 5.97 Å². The van der Waals surface area contributed by atoms with Crippen molar-refractivity contribution in [2.45, 2.75) is 27.7 Å². The molecule has 0 radical (unpaired) electrons. The molecule has 0 aliphatic heterocycles. The molecule has 118 valence electrons. The summed E-state index contributed by atoms with van der Waals surface area (Å²) in [4.78, 5) is 29.1. The Morgan fingerprint density at radius 3 is 2.55 bits per heavy atom. The molecule has 7 nitrogen and oxygen atoms in total. The van der Waals surface area contributed by atoms with Crippen LogP contribution < -0.4 is 5.32 Å². The van der Waals surface area contributed by atoms with Crippen LogP contribution in [0.4, 0.5) is 5.13 Å². The van der Waals surface area contributed by atoms with E-state index in [0.29, 0.717) is 32.9 Å². The molecule has 0 spiro atoms. The van der Waals surface area contributed by atoms with Crippen LogP contribution >= 0.6 is 22.9 Å². The summed E-state index contributed by atoms with van der Waals surface area (Å²) in [5.74, 6) is -0.485. The molecule has 0 fully saturated rings. The van der Waals surface area contributed by atoms with Crippen LogP contribution in [0.5, 0.6) is 0 Å². The van der Waals surface area contributed by atoms with Gasteiger partial charge in [0.2, 0.25) is 0 Å². The average molecular weight is 340 g/mol. The van der Waals surface area contributed by atoms with E-state index in [2.05, 4.69) is 19.9 Å². The van der Waals surface area contributed by atoms with Gasteiger partial charge in [-0.05, 0) is 31.3 Å². The molecule has 9 heteroatoms. The molecule has 0 unspecified atom stereocenters. The summed E-state index contributed by atoms with van der Waals surface area (Å²) in [6.07, 6.45) is 0. The standard InChI is InChI=1S/C13H16N4O3S2/c1-6(2)5-20-12(19)10-7(3)14-13(21-10)15-11(18)9-8(4)16-17-22-9/h6H,5H2,1-4H3,(H,14,15,18). The van der Waals surface area contributed by atoms with Crippen molar-refractivity contribution in [1.29, 1.82) is 0 Å². The Labute approximate surface area is 135 Å². The zero-order valence-electron chi connectivity index (χ0n) is 12.7. The van der Waals surface area contributed by atoms with Crippen molar-refractivity contribution in [2.24, 2.45) is 5.92 Å². The number of rotatable bonds is 5. The highest BCUT2D eigenvalue weighted by atomic mass is 32.1. The monoisotopic (exact) mass is 340 g/mol. The predicted molar refractivity (Wildman–Crippen MR) is 84.6 cm³/mol. The molecule has 1 amide bonds. The van der Waals surface area contributed by atoms with Crippen LogP contribution in [0.2, 0.25) is 0 Å². The lowest BCUT2D eigenvalue weighted by Gasteiger charge is -2.05. The Morgan fingerprint density at radius 2 is 1.95 bits per heavy atom. The molecule has 2 aromatic rings. The van der Waals surface area contributed by atoms with Gasteiger partial charge in [-0.1, -0.05) is 29.7 Å². The smallest absolute Gasteiger partial charge is 0.350 e. The van der Waals surface area contributed by atoms with Crippen molar-refractivity contribution in [3.05, 3.63) is 21.1 Å². The number of nitrogens with one attached hydrogen (secondary N) is 1. The van der Waals surface area contributed by atoms with Gasteiger partial charge in [0.25, 0.3) is 5.91 Å². The number of thiazole rings is 1. The maximum absolute atomic E-state index is 12.1. The fourth-order valence-electron chi connectivity index (χ4n) is 1.54. The number of esters is 1. The van der Waals surface area contributed by atoms with Gasteiger partial charge in [0.1, 0.15) is 9.75 Å². The number of anilines is 1. The molecule has 0 aliphatic carbocycles. The zero-order valence-corrected chi connectivity index (χ0v) is 14.3. The molecule has 0 atom stereocenters. The summed E-state index contributed by atoms with van der Waals surface area (Å²) < 4.78 is 8.90. The molecule has 22 heavy (non-hydrogen) atoms. The van der Waals surface area contributed by atoms with Crippen LogP contribution in [0.15, 0.2) is 0 Å². The van der Waals surface area contributed by atoms with Crippen molar-refractivity contribution in [1.82, 2.24) is 14.6 Å². The van der Waals surface area contributed by atoms with Gasteiger partial charge < -0.3 is 4.74 Å². The Morgan fingerprint density at radius 1 is 1.23 bits per heavy atom. The number of aromatic nitrogens is 3. The van der Waals surface area contributed by atoms with Gasteiger partial charge in [0, 0.05) is 0 Å². The molecule has 0 bridgehead atoms. The molecule has 0 saturated carbocycles. The van der Waals surface area contributed by atoms with E-state index in [1.165, 1.54) is 0 Å². The largest absolute Gasteiger partial charge is 0.461 e. The third-order valence-corrected chi connectivity index (χ3v) is 4.49.